The SMILES string of the molecule is CN(Cc1ccc2c(c1)OCO2)CC(O)C(C)(C)C. The molecule has 0 saturated heterocycles. The van der Waals surface area contributed by atoms with Crippen molar-refractivity contribution < 1.29 is 14.6 Å². The summed E-state index contributed by atoms with van der Waals surface area (Å²) in [5.41, 5.74) is 1.07. The van der Waals surface area contributed by atoms with Crippen LogP contribution in [0.4, 0.5) is 0 Å². The lowest BCUT2D eigenvalue weighted by Crippen LogP contribution is -2.37. The normalized spacial score (nSPS) is 15.9. The second-order valence-electron chi connectivity index (χ2n) is 6.27. The fourth-order valence-electron chi connectivity index (χ4n) is 1.98. The maximum absolute atomic E-state index is 10.1. The first-order valence-electron chi connectivity index (χ1n) is 6.61. The Bertz CT molecular complexity index is 440. The molecule has 0 aliphatic carbocycles. The van der Waals surface area contributed by atoms with Crippen LogP contribution in [0, 0.1) is 5.41 Å². The van der Waals surface area contributed by atoms with Gasteiger partial charge in [-0.3, -0.25) is 4.90 Å². The van der Waals surface area contributed by atoms with Crippen LogP contribution < -0.4 is 9.47 Å². The van der Waals surface area contributed by atoms with Crippen LogP contribution in [0.5, 0.6) is 11.5 Å². The van der Waals surface area contributed by atoms with Crippen molar-refractivity contribution in [2.45, 2.75) is 33.4 Å². The van der Waals surface area contributed by atoms with Crippen LogP contribution in [-0.2, 0) is 6.54 Å². The first kappa shape index (κ1) is 14.2. The predicted octanol–water partition coefficient (Wildman–Crippen LogP) is 2.25. The molecule has 1 N–H and O–H groups in total. The minimum absolute atomic E-state index is 0.0941. The number of hydrogen-bond acceptors (Lipinski definition) is 4. The van der Waals surface area contributed by atoms with Crippen LogP contribution in [0.3, 0.4) is 0 Å². The Hall–Kier alpha value is -1.26. The summed E-state index contributed by atoms with van der Waals surface area (Å²) in [5.74, 6) is 1.61. The van der Waals surface area contributed by atoms with Gasteiger partial charge in [-0.2, -0.15) is 0 Å². The third-order valence-corrected chi connectivity index (χ3v) is 3.37. The molecule has 0 spiro atoms. The molecule has 4 heteroatoms. The van der Waals surface area contributed by atoms with Crippen LogP contribution in [0.25, 0.3) is 0 Å². The number of benzene rings is 1. The van der Waals surface area contributed by atoms with Crippen molar-refractivity contribution in [3.63, 3.8) is 0 Å². The van der Waals surface area contributed by atoms with Gasteiger partial charge in [-0.15, -0.1) is 0 Å². The van der Waals surface area contributed by atoms with Crippen LogP contribution in [0.15, 0.2) is 18.2 Å². The molecule has 1 heterocycles. The maximum Gasteiger partial charge on any atom is 0.231 e. The summed E-state index contributed by atoms with van der Waals surface area (Å²) in [5, 5.41) is 10.1. The van der Waals surface area contributed by atoms with E-state index in [1.165, 1.54) is 0 Å². The molecule has 106 valence electrons. The topological polar surface area (TPSA) is 41.9 Å². The number of aliphatic hydroxyl groups excluding tert-OH is 1. The maximum atomic E-state index is 10.1. The molecule has 4 nitrogen and oxygen atoms in total. The molecule has 0 saturated carbocycles. The van der Waals surface area contributed by atoms with Crippen LogP contribution >= 0.6 is 0 Å². The van der Waals surface area contributed by atoms with Gasteiger partial charge >= 0.3 is 0 Å². The molecule has 1 aliphatic rings. The quantitative estimate of drug-likeness (QED) is 0.906. The Morgan fingerprint density at radius 1 is 1.26 bits per heavy atom. The van der Waals surface area contributed by atoms with Gasteiger partial charge in [-0.05, 0) is 30.2 Å². The van der Waals surface area contributed by atoms with Crippen LogP contribution in [0.1, 0.15) is 26.3 Å². The van der Waals surface area contributed by atoms with Gasteiger partial charge in [0.2, 0.25) is 6.79 Å². The third kappa shape index (κ3) is 3.61. The minimum atomic E-state index is -0.341. The Kier molecular flexibility index (Phi) is 4.02. The first-order valence-corrected chi connectivity index (χ1v) is 6.61. The van der Waals surface area contributed by atoms with Crippen molar-refractivity contribution in [3.05, 3.63) is 23.8 Å². The van der Waals surface area contributed by atoms with E-state index in [0.717, 1.165) is 23.6 Å². The molecule has 1 atom stereocenters. The van der Waals surface area contributed by atoms with Crippen molar-refractivity contribution in [2.24, 2.45) is 5.41 Å². The van der Waals surface area contributed by atoms with Gasteiger partial charge in [0.15, 0.2) is 11.5 Å². The highest BCUT2D eigenvalue weighted by Crippen LogP contribution is 2.32. The molecule has 1 aliphatic heterocycles. The smallest absolute Gasteiger partial charge is 0.231 e. The lowest BCUT2D eigenvalue weighted by atomic mass is 9.89. The van der Waals surface area contributed by atoms with Gasteiger partial charge in [0.05, 0.1) is 6.10 Å². The van der Waals surface area contributed by atoms with E-state index < -0.39 is 0 Å². The minimum Gasteiger partial charge on any atom is -0.454 e. The Labute approximate surface area is 114 Å². The summed E-state index contributed by atoms with van der Waals surface area (Å²) in [4.78, 5) is 2.12. The molecule has 19 heavy (non-hydrogen) atoms. The van der Waals surface area contributed by atoms with Crippen molar-refractivity contribution >= 4 is 0 Å². The molecule has 0 amide bonds. The first-order chi connectivity index (χ1) is 8.86. The number of nitrogens with zero attached hydrogens (tertiary/aromatic N) is 1. The van der Waals surface area contributed by atoms with Gasteiger partial charge in [0.1, 0.15) is 0 Å². The monoisotopic (exact) mass is 265 g/mol. The molecule has 0 bridgehead atoms. The molecule has 0 fully saturated rings. The highest BCUT2D eigenvalue weighted by atomic mass is 16.7. The largest absolute Gasteiger partial charge is 0.454 e. The van der Waals surface area contributed by atoms with E-state index in [1.807, 2.05) is 46.0 Å². The summed E-state index contributed by atoms with van der Waals surface area (Å²) >= 11 is 0. The number of ether oxygens (including phenoxy) is 2. The van der Waals surface area contributed by atoms with Gasteiger partial charge in [-0.25, -0.2) is 0 Å². The highest BCUT2D eigenvalue weighted by Gasteiger charge is 2.23. The second kappa shape index (κ2) is 5.39. The van der Waals surface area contributed by atoms with Crippen LogP contribution in [-0.4, -0.2) is 36.5 Å². The number of aliphatic hydroxyl groups is 1. The molecule has 2 rings (SSSR count). The van der Waals surface area contributed by atoms with E-state index >= 15 is 0 Å². The van der Waals surface area contributed by atoms with Crippen molar-refractivity contribution in [1.29, 1.82) is 0 Å². The Morgan fingerprint density at radius 3 is 2.63 bits per heavy atom. The average molecular weight is 265 g/mol. The third-order valence-electron chi connectivity index (χ3n) is 3.37. The summed E-state index contributed by atoms with van der Waals surface area (Å²) in [6, 6.07) is 5.97. The predicted molar refractivity (Wildman–Crippen MR) is 74.4 cm³/mol. The highest BCUT2D eigenvalue weighted by molar-refractivity contribution is 5.44. The number of fused-ring (bicyclic) bond motifs is 1. The standard InChI is InChI=1S/C15H23NO3/c1-15(2,3)14(17)9-16(4)8-11-5-6-12-13(7-11)19-10-18-12/h5-7,14,17H,8-10H2,1-4H3. The van der Waals surface area contributed by atoms with E-state index in [4.69, 9.17) is 9.47 Å². The van der Waals surface area contributed by atoms with E-state index in [-0.39, 0.29) is 11.5 Å². The molecule has 0 radical (unpaired) electrons. The molecular weight excluding hydrogens is 242 g/mol. The summed E-state index contributed by atoms with van der Waals surface area (Å²) in [7, 11) is 2.01. The zero-order valence-electron chi connectivity index (χ0n) is 12.1. The number of rotatable bonds is 4. The summed E-state index contributed by atoms with van der Waals surface area (Å²) in [6.07, 6.45) is -0.341. The van der Waals surface area contributed by atoms with Crippen LogP contribution in [0.2, 0.25) is 0 Å². The second-order valence-corrected chi connectivity index (χ2v) is 6.27. The van der Waals surface area contributed by atoms with Crippen molar-refractivity contribution in [1.82, 2.24) is 4.90 Å². The molecular formula is C15H23NO3. The number of hydrogen-bond donors (Lipinski definition) is 1. The molecule has 0 aromatic heterocycles. The summed E-state index contributed by atoms with van der Waals surface area (Å²) in [6.45, 7) is 7.88. The van der Waals surface area contributed by atoms with E-state index in [1.54, 1.807) is 0 Å². The lowest BCUT2D eigenvalue weighted by Gasteiger charge is -2.29. The van der Waals surface area contributed by atoms with E-state index in [0.29, 0.717) is 13.3 Å². The zero-order valence-corrected chi connectivity index (χ0v) is 12.1. The molecule has 1 aromatic rings. The Balaban J connectivity index is 1.94. The van der Waals surface area contributed by atoms with Gasteiger partial charge in [0.25, 0.3) is 0 Å². The van der Waals surface area contributed by atoms with E-state index in [2.05, 4.69) is 4.90 Å². The lowest BCUT2D eigenvalue weighted by molar-refractivity contribution is 0.0333. The number of likely N-dealkylation sites (N-methyl/N-ethyl adjacent to an activating group) is 1. The van der Waals surface area contributed by atoms with Gasteiger partial charge < -0.3 is 14.6 Å². The fraction of sp³-hybridized carbons (Fsp3) is 0.600. The van der Waals surface area contributed by atoms with Gasteiger partial charge in [0, 0.05) is 13.1 Å². The van der Waals surface area contributed by atoms with Crippen molar-refractivity contribution in [2.75, 3.05) is 20.4 Å². The van der Waals surface area contributed by atoms with E-state index in [9.17, 15) is 5.11 Å². The van der Waals surface area contributed by atoms with Crippen molar-refractivity contribution in [3.8, 4) is 11.5 Å². The van der Waals surface area contributed by atoms with Gasteiger partial charge in [-0.1, -0.05) is 26.8 Å². The zero-order chi connectivity index (χ0) is 14.0. The average Bonchev–Trinajstić information content (AvgIpc) is 2.74. The molecule has 1 unspecified atom stereocenters. The fourth-order valence-corrected chi connectivity index (χ4v) is 1.98. The summed E-state index contributed by atoms with van der Waals surface area (Å²) < 4.78 is 10.7. The molecule has 1 aromatic carbocycles. The Morgan fingerprint density at radius 2 is 1.95 bits per heavy atom.